The van der Waals surface area contributed by atoms with Crippen LogP contribution in [0, 0.1) is 17.2 Å². The van der Waals surface area contributed by atoms with Crippen LogP contribution in [0.5, 0.6) is 0 Å². The summed E-state index contributed by atoms with van der Waals surface area (Å²) in [4.78, 5) is 4.07. The number of rotatable bonds is 3. The fourth-order valence-electron chi connectivity index (χ4n) is 2.02. The molecular formula is C12H15N3OS. The molecular weight excluding hydrogens is 234 g/mol. The zero-order valence-corrected chi connectivity index (χ0v) is 10.4. The van der Waals surface area contributed by atoms with E-state index in [0.29, 0.717) is 22.3 Å². The highest BCUT2D eigenvalue weighted by molar-refractivity contribution is 7.85. The maximum Gasteiger partial charge on any atom is 0.144 e. The van der Waals surface area contributed by atoms with Gasteiger partial charge in [0.25, 0.3) is 0 Å². The first-order chi connectivity index (χ1) is 8.31. The average molecular weight is 249 g/mol. The number of pyridine rings is 1. The molecule has 17 heavy (non-hydrogen) atoms. The Morgan fingerprint density at radius 2 is 2.53 bits per heavy atom. The molecule has 0 aliphatic carbocycles. The van der Waals surface area contributed by atoms with Crippen molar-refractivity contribution in [2.24, 2.45) is 5.92 Å². The van der Waals surface area contributed by atoms with Crippen LogP contribution in [0.3, 0.4) is 0 Å². The fraction of sp³-hybridized carbons (Fsp3) is 0.500. The molecule has 0 spiro atoms. The third kappa shape index (κ3) is 3.11. The van der Waals surface area contributed by atoms with Gasteiger partial charge < -0.3 is 5.32 Å². The lowest BCUT2D eigenvalue weighted by atomic mass is 10.0. The third-order valence-corrected chi connectivity index (χ3v) is 4.42. The second-order valence-electron chi connectivity index (χ2n) is 4.19. The highest BCUT2D eigenvalue weighted by atomic mass is 32.2. The summed E-state index contributed by atoms with van der Waals surface area (Å²) >= 11 is 0. The van der Waals surface area contributed by atoms with Crippen molar-refractivity contribution in [3.8, 4) is 6.07 Å². The topological polar surface area (TPSA) is 65.8 Å². The first-order valence-corrected chi connectivity index (χ1v) is 7.07. The van der Waals surface area contributed by atoms with Crippen molar-refractivity contribution in [2.75, 3.05) is 18.8 Å². The predicted molar refractivity (Wildman–Crippen MR) is 65.8 cm³/mol. The highest BCUT2D eigenvalue weighted by Gasteiger charge is 2.19. The van der Waals surface area contributed by atoms with E-state index in [4.69, 9.17) is 5.26 Å². The van der Waals surface area contributed by atoms with E-state index in [1.54, 1.807) is 18.3 Å². The van der Waals surface area contributed by atoms with Crippen LogP contribution in [0.15, 0.2) is 23.4 Å². The number of nitriles is 1. The van der Waals surface area contributed by atoms with Crippen LogP contribution >= 0.6 is 0 Å². The van der Waals surface area contributed by atoms with Crippen LogP contribution in [-0.2, 0) is 10.8 Å². The number of aromatic nitrogens is 1. The zero-order valence-electron chi connectivity index (χ0n) is 9.56. The molecule has 0 amide bonds. The molecule has 2 atom stereocenters. The van der Waals surface area contributed by atoms with E-state index in [2.05, 4.69) is 10.3 Å². The second-order valence-corrected chi connectivity index (χ2v) is 5.60. The lowest BCUT2D eigenvalue weighted by Gasteiger charge is -2.21. The van der Waals surface area contributed by atoms with Gasteiger partial charge in [0, 0.05) is 11.9 Å². The van der Waals surface area contributed by atoms with Gasteiger partial charge in [-0.25, -0.2) is 4.98 Å². The Hall–Kier alpha value is -1.25. The second kappa shape index (κ2) is 5.89. The molecule has 1 aliphatic heterocycles. The lowest BCUT2D eigenvalue weighted by Crippen LogP contribution is -2.32. The molecule has 0 radical (unpaired) electrons. The molecule has 90 valence electrons. The van der Waals surface area contributed by atoms with E-state index in [9.17, 15) is 4.21 Å². The van der Waals surface area contributed by atoms with Crippen LogP contribution in [0.2, 0.25) is 0 Å². The maximum atomic E-state index is 12.2. The van der Waals surface area contributed by atoms with Gasteiger partial charge in [-0.2, -0.15) is 5.26 Å². The van der Waals surface area contributed by atoms with E-state index >= 15 is 0 Å². The van der Waals surface area contributed by atoms with Crippen LogP contribution < -0.4 is 5.32 Å². The minimum absolute atomic E-state index is 0.426. The summed E-state index contributed by atoms with van der Waals surface area (Å²) < 4.78 is 12.2. The van der Waals surface area contributed by atoms with Gasteiger partial charge in [0.15, 0.2) is 0 Å². The van der Waals surface area contributed by atoms with Gasteiger partial charge in [-0.1, -0.05) is 0 Å². The largest absolute Gasteiger partial charge is 0.316 e. The van der Waals surface area contributed by atoms with Crippen molar-refractivity contribution >= 4 is 10.8 Å². The van der Waals surface area contributed by atoms with Gasteiger partial charge in [0.2, 0.25) is 0 Å². The van der Waals surface area contributed by atoms with Crippen molar-refractivity contribution in [2.45, 2.75) is 17.9 Å². The molecule has 0 saturated carbocycles. The van der Waals surface area contributed by atoms with E-state index in [-0.39, 0.29) is 0 Å². The molecule has 0 bridgehead atoms. The molecule has 1 aromatic heterocycles. The van der Waals surface area contributed by atoms with Gasteiger partial charge in [-0.05, 0) is 44.0 Å². The molecule has 0 aromatic carbocycles. The summed E-state index contributed by atoms with van der Waals surface area (Å²) in [6.45, 7) is 1.97. The molecule has 1 saturated heterocycles. The molecule has 1 N–H and O–H groups in total. The van der Waals surface area contributed by atoms with Crippen LogP contribution in [-0.4, -0.2) is 28.0 Å². The number of piperidine rings is 1. The summed E-state index contributed by atoms with van der Waals surface area (Å²) in [5.74, 6) is 1.02. The minimum atomic E-state index is -1.17. The Labute approximate surface area is 104 Å². The monoisotopic (exact) mass is 249 g/mol. The summed E-state index contributed by atoms with van der Waals surface area (Å²) in [5.41, 5.74) is 0.426. The van der Waals surface area contributed by atoms with Gasteiger partial charge >= 0.3 is 0 Å². The Morgan fingerprint density at radius 3 is 3.24 bits per heavy atom. The van der Waals surface area contributed by atoms with Crippen molar-refractivity contribution in [1.29, 1.82) is 5.26 Å². The number of nitrogens with one attached hydrogen (secondary N) is 1. The van der Waals surface area contributed by atoms with E-state index in [1.807, 2.05) is 6.07 Å². The van der Waals surface area contributed by atoms with Gasteiger partial charge in [-0.15, -0.1) is 0 Å². The SMILES string of the molecule is N#Cc1cccnc1[S@](=O)C[C@H]1CCCNC1. The van der Waals surface area contributed by atoms with Gasteiger partial charge in [-0.3, -0.25) is 4.21 Å². The Bertz CT molecular complexity index is 449. The van der Waals surface area contributed by atoms with Crippen LogP contribution in [0.25, 0.3) is 0 Å². The van der Waals surface area contributed by atoms with Crippen molar-refractivity contribution < 1.29 is 4.21 Å². The standard InChI is InChI=1S/C12H15N3OS/c13-7-11-4-2-6-15-12(11)17(16)9-10-3-1-5-14-8-10/h2,4,6,10,14H,1,3,5,8-9H2/t10-,17+/m0/s1. The molecule has 1 fully saturated rings. The normalized spacial score (nSPS) is 21.7. The molecule has 1 aliphatic rings. The summed E-state index contributed by atoms with van der Waals surface area (Å²) in [6, 6.07) is 5.40. The smallest absolute Gasteiger partial charge is 0.144 e. The first-order valence-electron chi connectivity index (χ1n) is 5.75. The molecule has 2 rings (SSSR count). The Balaban J connectivity index is 2.06. The molecule has 1 aromatic rings. The Morgan fingerprint density at radius 1 is 1.65 bits per heavy atom. The molecule has 4 nitrogen and oxygen atoms in total. The van der Waals surface area contributed by atoms with Gasteiger partial charge in [0.1, 0.15) is 11.1 Å². The van der Waals surface area contributed by atoms with E-state index in [0.717, 1.165) is 25.9 Å². The average Bonchev–Trinajstić information content (AvgIpc) is 2.40. The number of hydrogen-bond acceptors (Lipinski definition) is 4. The first kappa shape index (κ1) is 12.2. The number of nitrogens with zero attached hydrogens (tertiary/aromatic N) is 2. The minimum Gasteiger partial charge on any atom is -0.316 e. The Kier molecular flexibility index (Phi) is 4.24. The van der Waals surface area contributed by atoms with Gasteiger partial charge in [0.05, 0.1) is 16.4 Å². The summed E-state index contributed by atoms with van der Waals surface area (Å²) in [5, 5.41) is 12.7. The van der Waals surface area contributed by atoms with Crippen molar-refractivity contribution in [3.63, 3.8) is 0 Å². The quantitative estimate of drug-likeness (QED) is 0.870. The molecule has 5 heteroatoms. The molecule has 2 heterocycles. The van der Waals surface area contributed by atoms with Crippen molar-refractivity contribution in [3.05, 3.63) is 23.9 Å². The van der Waals surface area contributed by atoms with Crippen LogP contribution in [0.1, 0.15) is 18.4 Å². The third-order valence-electron chi connectivity index (χ3n) is 2.89. The highest BCUT2D eigenvalue weighted by Crippen LogP contribution is 2.16. The van der Waals surface area contributed by atoms with Crippen LogP contribution in [0.4, 0.5) is 0 Å². The number of hydrogen-bond donors (Lipinski definition) is 1. The zero-order chi connectivity index (χ0) is 12.1. The maximum absolute atomic E-state index is 12.2. The van der Waals surface area contributed by atoms with Crippen molar-refractivity contribution in [1.82, 2.24) is 10.3 Å². The molecule has 0 unspecified atom stereocenters. The lowest BCUT2D eigenvalue weighted by molar-refractivity contribution is 0.408. The predicted octanol–water partition coefficient (Wildman–Crippen LogP) is 1.06. The fourth-order valence-corrected chi connectivity index (χ4v) is 3.42. The summed E-state index contributed by atoms with van der Waals surface area (Å²) in [6.07, 6.45) is 3.83. The summed E-state index contributed by atoms with van der Waals surface area (Å²) in [7, 11) is -1.17. The van der Waals surface area contributed by atoms with E-state index < -0.39 is 10.8 Å². The van der Waals surface area contributed by atoms with E-state index in [1.165, 1.54) is 0 Å².